The Bertz CT molecular complexity index is 1710. The molecule has 230 valence electrons. The molecule has 0 aliphatic carbocycles. The first-order valence-corrected chi connectivity index (χ1v) is 12.5. The van der Waals surface area contributed by atoms with Gasteiger partial charge in [0.25, 0.3) is 0 Å². The van der Waals surface area contributed by atoms with Gasteiger partial charge in [0.05, 0.1) is 23.9 Å². The van der Waals surface area contributed by atoms with Crippen molar-refractivity contribution in [2.24, 2.45) is 0 Å². The van der Waals surface area contributed by atoms with Crippen molar-refractivity contribution in [3.63, 3.8) is 0 Å². The van der Waals surface area contributed by atoms with Crippen molar-refractivity contribution in [1.29, 1.82) is 0 Å². The van der Waals surface area contributed by atoms with Gasteiger partial charge >= 0.3 is 18.2 Å². The molecule has 0 aliphatic heterocycles. The van der Waals surface area contributed by atoms with E-state index in [-0.39, 0.29) is 17.9 Å². The third kappa shape index (κ3) is 9.81. The van der Waals surface area contributed by atoms with E-state index < -0.39 is 35.7 Å². The molecule has 3 amide bonds. The first-order chi connectivity index (χ1) is 20.7. The van der Waals surface area contributed by atoms with Gasteiger partial charge in [0.1, 0.15) is 17.2 Å². The Morgan fingerprint density at radius 2 is 1.73 bits per heavy atom. The number of aromatic nitrogens is 2. The lowest BCUT2D eigenvalue weighted by Crippen LogP contribution is -2.35. The minimum Gasteiger partial charge on any atom is -0.475 e. The van der Waals surface area contributed by atoms with E-state index in [1.807, 2.05) is 19.0 Å². The van der Waals surface area contributed by atoms with E-state index in [2.05, 4.69) is 32.4 Å². The number of nitrogens with one attached hydrogen (secondary N) is 3. The van der Waals surface area contributed by atoms with Crippen molar-refractivity contribution < 1.29 is 46.2 Å². The average Bonchev–Trinajstić information content (AvgIpc) is 3.35. The minimum atomic E-state index is -5.08. The van der Waals surface area contributed by atoms with Crippen LogP contribution in [0.5, 0.6) is 11.5 Å². The smallest absolute Gasteiger partial charge is 0.475 e. The molecule has 0 saturated heterocycles. The van der Waals surface area contributed by atoms with Gasteiger partial charge in [-0.2, -0.15) is 13.2 Å². The second-order valence-electron chi connectivity index (χ2n) is 9.13. The van der Waals surface area contributed by atoms with Crippen LogP contribution in [0.3, 0.4) is 0 Å². The Hall–Kier alpha value is -5.49. The molecule has 0 atom stereocenters. The van der Waals surface area contributed by atoms with Gasteiger partial charge in [-0.15, -0.1) is 0 Å². The number of H-pyrrole nitrogens is 1. The lowest BCUT2D eigenvalue weighted by molar-refractivity contribution is -0.192. The highest BCUT2D eigenvalue weighted by molar-refractivity contribution is 6.01. The number of ether oxygens (including phenoxy) is 1. The maximum absolute atomic E-state index is 14.8. The highest BCUT2D eigenvalue weighted by Gasteiger charge is 2.38. The number of rotatable bonds is 6. The lowest BCUT2D eigenvalue weighted by atomic mass is 10.1. The van der Waals surface area contributed by atoms with E-state index in [0.717, 1.165) is 6.07 Å². The Balaban J connectivity index is 0.000000676. The van der Waals surface area contributed by atoms with Crippen LogP contribution in [0.25, 0.3) is 11.0 Å². The molecule has 0 spiro atoms. The number of anilines is 1. The van der Waals surface area contributed by atoms with Gasteiger partial charge in [0.15, 0.2) is 11.6 Å². The molecule has 4 N–H and O–H groups in total. The molecule has 0 radical (unpaired) electrons. The number of urea groups is 1. The number of carboxylic acids is 1. The van der Waals surface area contributed by atoms with Crippen LogP contribution in [0, 0.1) is 23.5 Å². The van der Waals surface area contributed by atoms with Gasteiger partial charge in [-0.1, -0.05) is 24.0 Å². The maximum Gasteiger partial charge on any atom is 0.490 e. The van der Waals surface area contributed by atoms with Crippen LogP contribution in [0.2, 0.25) is 0 Å². The summed E-state index contributed by atoms with van der Waals surface area (Å²) in [5, 5.41) is 12.3. The molecule has 0 fully saturated rings. The van der Waals surface area contributed by atoms with Crippen LogP contribution in [-0.4, -0.2) is 64.7 Å². The molecule has 2 aromatic heterocycles. The van der Waals surface area contributed by atoms with Crippen molar-refractivity contribution in [2.45, 2.75) is 12.6 Å². The number of halogens is 5. The molecule has 0 aliphatic rings. The number of alkyl halides is 3. The number of carbonyl (C=O) groups is 3. The summed E-state index contributed by atoms with van der Waals surface area (Å²) in [6, 6.07) is 10.0. The Morgan fingerprint density at radius 1 is 1.05 bits per heavy atom. The van der Waals surface area contributed by atoms with Gasteiger partial charge < -0.3 is 20.1 Å². The van der Waals surface area contributed by atoms with Crippen molar-refractivity contribution in [2.75, 3.05) is 26.0 Å². The van der Waals surface area contributed by atoms with Crippen molar-refractivity contribution in [1.82, 2.24) is 20.2 Å². The van der Waals surface area contributed by atoms with E-state index in [4.69, 9.17) is 14.6 Å². The van der Waals surface area contributed by atoms with Gasteiger partial charge in [0, 0.05) is 24.1 Å². The van der Waals surface area contributed by atoms with Gasteiger partial charge in [0.2, 0.25) is 5.91 Å². The summed E-state index contributed by atoms with van der Waals surface area (Å²) in [5.41, 5.74) is 1.88. The second kappa shape index (κ2) is 14.6. The van der Waals surface area contributed by atoms with E-state index in [1.54, 1.807) is 12.3 Å². The topological polar surface area (TPSA) is 137 Å². The number of hydrogen-bond donors (Lipinski definition) is 4. The first-order valence-electron chi connectivity index (χ1n) is 12.5. The minimum absolute atomic E-state index is 0.0701. The summed E-state index contributed by atoms with van der Waals surface area (Å²) in [5.74, 6) is 1.91. The summed E-state index contributed by atoms with van der Waals surface area (Å²) < 4.78 is 65.4. The third-order valence-corrected chi connectivity index (χ3v) is 5.34. The largest absolute Gasteiger partial charge is 0.490 e. The summed E-state index contributed by atoms with van der Waals surface area (Å²) >= 11 is 0. The van der Waals surface area contributed by atoms with Crippen molar-refractivity contribution in [3.05, 3.63) is 83.7 Å². The summed E-state index contributed by atoms with van der Waals surface area (Å²) in [6.07, 6.45) is -1.95. The van der Waals surface area contributed by atoms with E-state index in [0.29, 0.717) is 34.5 Å². The molecule has 10 nitrogen and oxygen atoms in total. The van der Waals surface area contributed by atoms with Crippen molar-refractivity contribution in [3.8, 4) is 23.3 Å². The average molecular weight is 618 g/mol. The van der Waals surface area contributed by atoms with Crippen LogP contribution in [-0.2, 0) is 16.0 Å². The standard InChI is InChI=1S/C27H23F2N5O3.C2HF3O2/c1-34(2)13-3-4-18-16-31-26-25(18)23(11-12-30-26)37-22-10-9-20(15-21(22)29)32-27(36)33-24(35)14-17-5-7-19(28)8-6-17;3-2(4,5)1(6)7/h5-12,15-16H,13-14H2,1-2H3,(H,30,31)(H2,32,33,35,36);(H,6,7). The molecule has 0 unspecified atom stereocenters. The highest BCUT2D eigenvalue weighted by atomic mass is 19.4. The van der Waals surface area contributed by atoms with Crippen molar-refractivity contribution >= 4 is 34.6 Å². The Labute approximate surface area is 246 Å². The first kappa shape index (κ1) is 33.0. The van der Waals surface area contributed by atoms with Gasteiger partial charge in [-0.05, 0) is 50.0 Å². The Kier molecular flexibility index (Phi) is 11.0. The van der Waals surface area contributed by atoms with E-state index in [9.17, 15) is 31.5 Å². The number of pyridine rings is 1. The quantitative estimate of drug-likeness (QED) is 0.175. The number of fused-ring (bicyclic) bond motifs is 1. The number of nitrogens with zero attached hydrogens (tertiary/aromatic N) is 2. The van der Waals surface area contributed by atoms with Crippen LogP contribution >= 0.6 is 0 Å². The lowest BCUT2D eigenvalue weighted by Gasteiger charge is -2.11. The molecule has 0 bridgehead atoms. The second-order valence-corrected chi connectivity index (χ2v) is 9.13. The molecule has 15 heteroatoms. The third-order valence-electron chi connectivity index (χ3n) is 5.34. The van der Waals surface area contributed by atoms with E-state index in [1.165, 1.54) is 42.6 Å². The molecule has 0 saturated carbocycles. The van der Waals surface area contributed by atoms with E-state index >= 15 is 0 Å². The normalized spacial score (nSPS) is 10.7. The zero-order chi connectivity index (χ0) is 32.4. The molecular formula is C29H24F5N5O5. The zero-order valence-electron chi connectivity index (χ0n) is 23.1. The molecule has 4 rings (SSSR count). The number of aliphatic carboxylic acids is 1. The number of carbonyl (C=O) groups excluding carboxylic acids is 2. The molecule has 44 heavy (non-hydrogen) atoms. The zero-order valence-corrected chi connectivity index (χ0v) is 23.1. The number of amides is 3. The number of aromatic amines is 1. The molecular weight excluding hydrogens is 593 g/mol. The molecule has 2 heterocycles. The number of hydrogen-bond acceptors (Lipinski definition) is 6. The van der Waals surface area contributed by atoms with Gasteiger partial charge in [-0.3, -0.25) is 15.0 Å². The number of benzene rings is 2. The number of imide groups is 1. The highest BCUT2D eigenvalue weighted by Crippen LogP contribution is 2.33. The predicted molar refractivity (Wildman–Crippen MR) is 149 cm³/mol. The van der Waals surface area contributed by atoms with Crippen LogP contribution in [0.1, 0.15) is 11.1 Å². The monoisotopic (exact) mass is 617 g/mol. The fourth-order valence-corrected chi connectivity index (χ4v) is 3.40. The fourth-order valence-electron chi connectivity index (χ4n) is 3.40. The van der Waals surface area contributed by atoms with Gasteiger partial charge in [-0.25, -0.2) is 23.4 Å². The molecule has 4 aromatic rings. The van der Waals surface area contributed by atoms with Crippen LogP contribution < -0.4 is 15.4 Å². The Morgan fingerprint density at radius 3 is 2.34 bits per heavy atom. The fraction of sp³-hybridized carbons (Fsp3) is 0.172. The molecule has 2 aromatic carbocycles. The SMILES string of the molecule is CN(C)CC#Cc1c[nH]c2nccc(Oc3ccc(NC(=O)NC(=O)Cc4ccc(F)cc4)cc3F)c12.O=C(O)C(F)(F)F. The maximum atomic E-state index is 14.8. The number of carboxylic acid groups (broad SMARTS) is 1. The van der Waals surface area contributed by atoms with Crippen LogP contribution in [0.4, 0.5) is 32.4 Å². The predicted octanol–water partition coefficient (Wildman–Crippen LogP) is 5.07. The summed E-state index contributed by atoms with van der Waals surface area (Å²) in [6.45, 7) is 0.567. The van der Waals surface area contributed by atoms with Crippen LogP contribution in [0.15, 0.2) is 60.9 Å². The summed E-state index contributed by atoms with van der Waals surface area (Å²) in [4.78, 5) is 42.3. The summed E-state index contributed by atoms with van der Waals surface area (Å²) in [7, 11) is 3.83.